The van der Waals surface area contributed by atoms with Crippen LogP contribution in [0.2, 0.25) is 0 Å². The Kier molecular flexibility index (Phi) is 14.9. The molecule has 0 unspecified atom stereocenters. The average Bonchev–Trinajstić information content (AvgIpc) is 1.36. The molecular weight excluding hydrogens is 183 g/mol. The zero-order chi connectivity index (χ0) is 6.50. The molecule has 55 valence electrons. The predicted octanol–water partition coefficient (Wildman–Crippen LogP) is -2.31. The minimum absolute atomic E-state index is 0. The Morgan fingerprint density at radius 2 is 1.12 bits per heavy atom. The molecule has 8 heavy (non-hydrogen) atoms. The summed E-state index contributed by atoms with van der Waals surface area (Å²) < 4.78 is 15.6. The van der Waals surface area contributed by atoms with E-state index in [4.69, 9.17) is 23.4 Å². The van der Waals surface area contributed by atoms with Gasteiger partial charge in [-0.05, 0) is 0 Å². The monoisotopic (exact) mass is 189 g/mol. The second kappa shape index (κ2) is 7.55. The second-order valence-corrected chi connectivity index (χ2v) is 1.54. The first-order valence-corrected chi connectivity index (χ1v) is 3.00. The number of phosphoric acid groups is 1. The van der Waals surface area contributed by atoms with E-state index >= 15 is 0 Å². The molecule has 0 rings (SSSR count). The summed E-state index contributed by atoms with van der Waals surface area (Å²) in [6.45, 7) is 0. The van der Waals surface area contributed by atoms with E-state index in [2.05, 4.69) is 16.3 Å². The first-order chi connectivity index (χ1) is 3.00. The fourth-order valence-corrected chi connectivity index (χ4v) is 0. The molecule has 0 heterocycles. The molecule has 0 fully saturated rings. The molecule has 0 aromatic heterocycles. The van der Waals surface area contributed by atoms with Gasteiger partial charge in [-0.1, -0.05) is 0 Å². The third-order valence-corrected chi connectivity index (χ3v) is 0. The maximum absolute atomic E-state index is 8.88. The van der Waals surface area contributed by atoms with Gasteiger partial charge < -0.3 is 20.2 Å². The van der Waals surface area contributed by atoms with Crippen molar-refractivity contribution in [2.45, 2.75) is 0 Å². The van der Waals surface area contributed by atoms with Crippen LogP contribution in [0.1, 0.15) is 0 Å². The molecule has 0 atom stereocenters. The van der Waals surface area contributed by atoms with E-state index in [1.807, 2.05) is 0 Å². The Bertz CT molecular complexity index is 54.7. The third kappa shape index (κ3) is 668. The fraction of sp³-hybridized carbons (Fsp3) is 0. The summed E-state index contributed by atoms with van der Waals surface area (Å²) in [5.41, 5.74) is 0. The van der Waals surface area contributed by atoms with Gasteiger partial charge in [0.2, 0.25) is 0 Å². The molecule has 0 aliphatic heterocycles. The van der Waals surface area contributed by atoms with E-state index in [0.717, 1.165) is 0 Å². The van der Waals surface area contributed by atoms with Crippen molar-refractivity contribution < 1.29 is 45.3 Å². The van der Waals surface area contributed by atoms with E-state index in [-0.39, 0.29) is 5.48 Å². The molecule has 6 nitrogen and oxygen atoms in total. The Morgan fingerprint density at radius 1 is 1.12 bits per heavy atom. The van der Waals surface area contributed by atoms with Crippen LogP contribution in [-0.2, 0) is 20.9 Å². The van der Waals surface area contributed by atoms with Gasteiger partial charge in [0.25, 0.3) is 0 Å². The first kappa shape index (κ1) is 15.8. The van der Waals surface area contributed by atoms with Gasteiger partial charge in [0.15, 0.2) is 0 Å². The Balaban J connectivity index is -0.0000000750. The normalized spacial score (nSPS) is 8.12. The molecule has 0 saturated heterocycles. The van der Waals surface area contributed by atoms with Crippen molar-refractivity contribution in [2.75, 3.05) is 0 Å². The molecule has 0 aliphatic rings. The van der Waals surface area contributed by atoms with Crippen molar-refractivity contribution in [3.05, 3.63) is 0 Å². The van der Waals surface area contributed by atoms with Gasteiger partial charge in [-0.25, -0.2) is 4.57 Å². The van der Waals surface area contributed by atoms with E-state index in [1.54, 1.807) is 0 Å². The van der Waals surface area contributed by atoms with Crippen LogP contribution in [0, 0.1) is 0 Å². The summed E-state index contributed by atoms with van der Waals surface area (Å²) in [6, 6.07) is 0. The quantitative estimate of drug-likeness (QED) is 0.251. The van der Waals surface area contributed by atoms with Crippen molar-refractivity contribution in [2.24, 2.45) is 0 Å². The molecule has 0 aromatic carbocycles. The molecule has 0 amide bonds. The van der Waals surface area contributed by atoms with E-state index in [9.17, 15) is 0 Å². The van der Waals surface area contributed by atoms with Crippen molar-refractivity contribution in [3.8, 4) is 0 Å². The molecule has 0 aliphatic carbocycles. The van der Waals surface area contributed by atoms with Gasteiger partial charge in [0.05, 0.1) is 0 Å². The first-order valence-electron chi connectivity index (χ1n) is 0.941. The Labute approximate surface area is 53.9 Å². The maximum atomic E-state index is 8.88. The van der Waals surface area contributed by atoms with Gasteiger partial charge >= 0.3 is 28.4 Å². The van der Waals surface area contributed by atoms with Crippen LogP contribution < -0.4 is 0 Å². The van der Waals surface area contributed by atoms with E-state index in [1.165, 1.54) is 0 Å². The zero-order valence-corrected chi connectivity index (χ0v) is 5.50. The zero-order valence-electron chi connectivity index (χ0n) is 3.50. The van der Waals surface area contributed by atoms with Crippen molar-refractivity contribution in [1.82, 2.24) is 0 Å². The minimum atomic E-state index is -4.64. The SMILES string of the molecule is O.O=P(O)(O)O.[OH][Fe]. The summed E-state index contributed by atoms with van der Waals surface area (Å²) in [4.78, 5) is 21.6. The van der Waals surface area contributed by atoms with Crippen LogP contribution in [0.4, 0.5) is 0 Å². The summed E-state index contributed by atoms with van der Waals surface area (Å²) in [5, 5.41) is 0. The molecule has 0 aromatic rings. The fourth-order valence-electron chi connectivity index (χ4n) is 0. The number of hydrogen-bond acceptors (Lipinski definition) is 2. The van der Waals surface area contributed by atoms with E-state index in [0.29, 0.717) is 0 Å². The van der Waals surface area contributed by atoms with Gasteiger partial charge in [-0.3, -0.25) is 0 Å². The Hall–Kier alpha value is 0.549. The molecule has 8 heteroatoms. The van der Waals surface area contributed by atoms with Gasteiger partial charge in [0, 0.05) is 0 Å². The van der Waals surface area contributed by atoms with Crippen molar-refractivity contribution in [1.29, 1.82) is 0 Å². The topological polar surface area (TPSA) is 129 Å². The average molecular weight is 189 g/mol. The summed E-state index contributed by atoms with van der Waals surface area (Å²) >= 11 is 2.25. The summed E-state index contributed by atoms with van der Waals surface area (Å²) in [6.07, 6.45) is 0. The molecular formula is H6FeO6P. The van der Waals surface area contributed by atoms with Gasteiger partial charge in [-0.15, -0.1) is 0 Å². The van der Waals surface area contributed by atoms with Crippen LogP contribution in [0.25, 0.3) is 0 Å². The second-order valence-electron chi connectivity index (χ2n) is 0.513. The van der Waals surface area contributed by atoms with Crippen molar-refractivity contribution in [3.63, 3.8) is 0 Å². The van der Waals surface area contributed by atoms with Crippen LogP contribution in [0.5, 0.6) is 0 Å². The predicted molar refractivity (Wildman–Crippen MR) is 20.1 cm³/mol. The van der Waals surface area contributed by atoms with Crippen LogP contribution in [0.15, 0.2) is 0 Å². The molecule has 0 saturated carbocycles. The number of rotatable bonds is 0. The van der Waals surface area contributed by atoms with E-state index < -0.39 is 7.82 Å². The summed E-state index contributed by atoms with van der Waals surface area (Å²) in [7, 11) is -4.64. The number of hydrogen-bond donors (Lipinski definition) is 4. The molecule has 6 N–H and O–H groups in total. The Morgan fingerprint density at radius 3 is 1.12 bits per heavy atom. The van der Waals surface area contributed by atoms with Crippen LogP contribution >= 0.6 is 7.82 Å². The van der Waals surface area contributed by atoms with Gasteiger partial charge in [-0.2, -0.15) is 0 Å². The summed E-state index contributed by atoms with van der Waals surface area (Å²) in [5.74, 6) is 0. The van der Waals surface area contributed by atoms with Crippen molar-refractivity contribution >= 4 is 7.82 Å². The van der Waals surface area contributed by atoms with Crippen LogP contribution in [0.3, 0.4) is 0 Å². The molecule has 0 radical (unpaired) electrons. The molecule has 0 bridgehead atoms. The van der Waals surface area contributed by atoms with Gasteiger partial charge in [0.1, 0.15) is 0 Å². The van der Waals surface area contributed by atoms with Crippen LogP contribution in [-0.4, -0.2) is 24.3 Å². The standard InChI is InChI=1S/Fe.H3O4P.2H2O/c;1-5(2,3)4;;/h;(H3,1,2,3,4);2*1H2/q+1;;;/p-1. The molecule has 0 spiro atoms. The third-order valence-electron chi connectivity index (χ3n) is 0.